The highest BCUT2D eigenvalue weighted by atomic mass is 16.5. The number of ether oxygens (including phenoxy) is 1. The van der Waals surface area contributed by atoms with Gasteiger partial charge in [-0.05, 0) is 30.5 Å². The Morgan fingerprint density at radius 1 is 1.09 bits per heavy atom. The third-order valence-electron chi connectivity index (χ3n) is 5.28. The lowest BCUT2D eigenvalue weighted by atomic mass is 9.86. The molecular formula is C22H26N4O7. The van der Waals surface area contributed by atoms with Crippen LogP contribution in [0.5, 0.6) is 11.6 Å². The van der Waals surface area contributed by atoms with E-state index in [1.807, 2.05) is 0 Å². The van der Waals surface area contributed by atoms with Gasteiger partial charge in [0.05, 0.1) is 37.8 Å². The van der Waals surface area contributed by atoms with E-state index in [-0.39, 0.29) is 16.9 Å². The molecule has 4 rings (SSSR count). The molecular weight excluding hydrogens is 432 g/mol. The topological polar surface area (TPSA) is 156 Å². The molecule has 1 aliphatic rings. The summed E-state index contributed by atoms with van der Waals surface area (Å²) in [5.41, 5.74) is -2.78. The number of hydrogen-bond acceptors (Lipinski definition) is 8. The van der Waals surface area contributed by atoms with Crippen molar-refractivity contribution in [2.24, 2.45) is 14.1 Å². The largest absolute Gasteiger partial charge is 0.860 e. The summed E-state index contributed by atoms with van der Waals surface area (Å²) in [6.07, 6.45) is 2.85. The van der Waals surface area contributed by atoms with Gasteiger partial charge in [-0.1, -0.05) is 0 Å². The maximum absolute atomic E-state index is 12.8. The van der Waals surface area contributed by atoms with Crippen LogP contribution >= 0.6 is 0 Å². The molecule has 1 fully saturated rings. The van der Waals surface area contributed by atoms with Crippen molar-refractivity contribution in [2.45, 2.75) is 12.8 Å². The zero-order valence-electron chi connectivity index (χ0n) is 18.6. The Bertz CT molecular complexity index is 1280. The van der Waals surface area contributed by atoms with Crippen molar-refractivity contribution in [1.82, 2.24) is 14.1 Å². The molecule has 0 bridgehead atoms. The summed E-state index contributed by atoms with van der Waals surface area (Å²) in [7, 11) is 2.46. The van der Waals surface area contributed by atoms with Crippen LogP contribution < -0.4 is 27.3 Å². The fraction of sp³-hybridized carbons (Fsp3) is 0.364. The van der Waals surface area contributed by atoms with E-state index in [4.69, 9.17) is 9.15 Å². The van der Waals surface area contributed by atoms with E-state index in [1.165, 1.54) is 51.6 Å². The monoisotopic (exact) mass is 458 g/mol. The Labute approximate surface area is 188 Å². The maximum atomic E-state index is 12.8. The third kappa shape index (κ3) is 5.04. The van der Waals surface area contributed by atoms with Gasteiger partial charge in [-0.25, -0.2) is 9.59 Å². The normalized spacial score (nSPS) is 14.3. The molecule has 176 valence electrons. The quantitative estimate of drug-likeness (QED) is 0.469. The van der Waals surface area contributed by atoms with Gasteiger partial charge in [0, 0.05) is 38.1 Å². The Hall–Kier alpha value is -3.70. The summed E-state index contributed by atoms with van der Waals surface area (Å²) < 4.78 is 11.7. The molecule has 0 aliphatic carbocycles. The Morgan fingerprint density at radius 2 is 1.73 bits per heavy atom. The zero-order chi connectivity index (χ0) is 24.1. The van der Waals surface area contributed by atoms with E-state index in [0.717, 1.165) is 35.4 Å². The molecule has 3 aromatic rings. The molecule has 0 aromatic carbocycles. The second kappa shape index (κ2) is 10.3. The first-order valence-electron chi connectivity index (χ1n) is 10.3. The van der Waals surface area contributed by atoms with E-state index in [2.05, 4.69) is 10.3 Å². The molecule has 11 nitrogen and oxygen atoms in total. The van der Waals surface area contributed by atoms with Gasteiger partial charge in [0.15, 0.2) is 0 Å². The van der Waals surface area contributed by atoms with Crippen LogP contribution in [-0.2, 0) is 18.8 Å². The van der Waals surface area contributed by atoms with Crippen molar-refractivity contribution >= 4 is 0 Å². The molecule has 33 heavy (non-hydrogen) atoms. The summed E-state index contributed by atoms with van der Waals surface area (Å²) in [5, 5.41) is 25.4. The second-order valence-electron chi connectivity index (χ2n) is 7.56. The summed E-state index contributed by atoms with van der Waals surface area (Å²) in [6, 6.07) is 4.24. The fourth-order valence-corrected chi connectivity index (χ4v) is 3.58. The minimum atomic E-state index is -1.23. The van der Waals surface area contributed by atoms with Crippen LogP contribution in [0.15, 0.2) is 49.4 Å². The molecule has 3 aromatic heterocycles. The molecule has 1 saturated heterocycles. The molecule has 11 heteroatoms. The van der Waals surface area contributed by atoms with E-state index < -0.39 is 34.4 Å². The highest BCUT2D eigenvalue weighted by Gasteiger charge is 2.29. The van der Waals surface area contributed by atoms with Crippen LogP contribution in [0.25, 0.3) is 0 Å². The lowest BCUT2D eigenvalue weighted by Gasteiger charge is -2.25. The van der Waals surface area contributed by atoms with Crippen molar-refractivity contribution in [3.8, 4) is 11.6 Å². The molecule has 0 saturated carbocycles. The number of aromatic hydroxyl groups is 1. The summed E-state index contributed by atoms with van der Waals surface area (Å²) in [4.78, 5) is 41.2. The summed E-state index contributed by atoms with van der Waals surface area (Å²) in [5.74, 6) is -2.33. The highest BCUT2D eigenvalue weighted by Crippen LogP contribution is 2.35. The van der Waals surface area contributed by atoms with Gasteiger partial charge in [-0.2, -0.15) is 0 Å². The highest BCUT2D eigenvalue weighted by molar-refractivity contribution is 5.48. The third-order valence-corrected chi connectivity index (χ3v) is 5.28. The maximum Gasteiger partial charge on any atom is 0.343 e. The molecule has 0 radical (unpaired) electrons. The number of hydrogen-bond donors (Lipinski definition) is 2. The first kappa shape index (κ1) is 24.0. The van der Waals surface area contributed by atoms with Crippen molar-refractivity contribution in [1.29, 1.82) is 0 Å². The van der Waals surface area contributed by atoms with Crippen molar-refractivity contribution in [3.05, 3.63) is 84.3 Å². The van der Waals surface area contributed by atoms with Gasteiger partial charge in [0.25, 0.3) is 5.56 Å². The predicted molar refractivity (Wildman–Crippen MR) is 115 cm³/mol. The molecule has 3 N–H and O–H groups in total. The Balaban J connectivity index is 0.000000442. The second-order valence-corrected chi connectivity index (χ2v) is 7.56. The number of nitrogens with zero attached hydrogens (tertiary/aromatic N) is 3. The average molecular weight is 458 g/mol. The van der Waals surface area contributed by atoms with Crippen molar-refractivity contribution in [2.75, 3.05) is 26.3 Å². The minimum absolute atomic E-state index is 0.172. The van der Waals surface area contributed by atoms with E-state index in [0.29, 0.717) is 5.56 Å². The first-order valence-corrected chi connectivity index (χ1v) is 10.3. The predicted octanol–water partition coefficient (Wildman–Crippen LogP) is -1.72. The number of nitrogens with two attached hydrogens (primary N) is 1. The molecule has 0 amide bonds. The molecule has 1 unspecified atom stereocenters. The first-order chi connectivity index (χ1) is 15.7. The molecule has 1 atom stereocenters. The Kier molecular flexibility index (Phi) is 7.46. The standard InChI is InChI=1S/C18H17N3O6.C4H9NO/c1-9-8-11(22)13(17(25)27-9)12(10-4-6-19-7-5-10)14-15(23)20(2)18(26)21(3)16(14)24;1-3-6-4-2-5-1/h4-8,12,22-23H,1-3H3;5H,1-4H2. The fourth-order valence-electron chi connectivity index (χ4n) is 3.58. The average Bonchev–Trinajstić information content (AvgIpc) is 2.82. The number of quaternary nitrogens is 1. The smallest absolute Gasteiger partial charge is 0.343 e. The van der Waals surface area contributed by atoms with Gasteiger partial charge in [0.2, 0.25) is 0 Å². The van der Waals surface area contributed by atoms with Crippen LogP contribution in [0.2, 0.25) is 0 Å². The molecule has 1 aliphatic heterocycles. The van der Waals surface area contributed by atoms with Crippen LogP contribution in [0, 0.1) is 6.92 Å². The SMILES string of the molecule is C1COCC[NH2+]1.Cc1cc(O)c(C(c2ccncc2)c2c([O-])n(C)c(=O)n(C)c2=O)c(=O)o1. The zero-order valence-corrected chi connectivity index (χ0v) is 18.6. The van der Waals surface area contributed by atoms with Crippen LogP contribution in [0.4, 0.5) is 0 Å². The van der Waals surface area contributed by atoms with Gasteiger partial charge in [0.1, 0.15) is 11.5 Å². The van der Waals surface area contributed by atoms with Gasteiger partial charge in [-0.3, -0.25) is 14.3 Å². The number of pyridine rings is 1. The van der Waals surface area contributed by atoms with Crippen LogP contribution in [0.1, 0.15) is 28.4 Å². The summed E-state index contributed by atoms with van der Waals surface area (Å²) in [6.45, 7) is 5.68. The van der Waals surface area contributed by atoms with Crippen LogP contribution in [-0.4, -0.2) is 45.5 Å². The summed E-state index contributed by atoms with van der Waals surface area (Å²) >= 11 is 0. The Morgan fingerprint density at radius 3 is 2.24 bits per heavy atom. The van der Waals surface area contributed by atoms with Gasteiger partial charge >= 0.3 is 11.3 Å². The van der Waals surface area contributed by atoms with E-state index in [1.54, 1.807) is 0 Å². The number of morpholine rings is 1. The van der Waals surface area contributed by atoms with Gasteiger partial charge < -0.3 is 29.3 Å². The van der Waals surface area contributed by atoms with Crippen molar-refractivity contribution < 1.29 is 24.7 Å². The molecule has 0 spiro atoms. The van der Waals surface area contributed by atoms with Crippen LogP contribution in [0.3, 0.4) is 0 Å². The molecule has 4 heterocycles. The lowest BCUT2D eigenvalue weighted by molar-refractivity contribution is -0.670. The number of rotatable bonds is 3. The number of aryl methyl sites for hydroxylation is 1. The lowest BCUT2D eigenvalue weighted by Crippen LogP contribution is -2.87. The van der Waals surface area contributed by atoms with Crippen molar-refractivity contribution in [3.63, 3.8) is 0 Å². The minimum Gasteiger partial charge on any atom is -0.860 e. The van der Waals surface area contributed by atoms with Gasteiger partial charge in [-0.15, -0.1) is 0 Å². The van der Waals surface area contributed by atoms with E-state index in [9.17, 15) is 24.6 Å². The number of aromatic nitrogens is 3. The van der Waals surface area contributed by atoms with E-state index >= 15 is 0 Å².